The number of primary amides is 1. The number of carbonyl (C=O) groups is 7. The molecule has 17 heteroatoms. The molecule has 4 aliphatic rings. The Hall–Kier alpha value is -5.48. The van der Waals surface area contributed by atoms with Crippen LogP contribution in [0.4, 0.5) is 10.6 Å². The largest absolute Gasteiger partial charge is 0.464 e. The molecule has 0 spiro atoms. The third-order valence-electron chi connectivity index (χ3n) is 9.93. The molecular weight excluding hydrogens is 734 g/mol. The summed E-state index contributed by atoms with van der Waals surface area (Å²) < 4.78 is 7.08. The summed E-state index contributed by atoms with van der Waals surface area (Å²) in [4.78, 5) is 91.2. The van der Waals surface area contributed by atoms with Crippen molar-refractivity contribution in [3.8, 4) is 0 Å². The summed E-state index contributed by atoms with van der Waals surface area (Å²) in [5, 5.41) is 11.7. The number of fused-ring (bicyclic) bond motifs is 3. The number of nitrogens with two attached hydrogens (primary N) is 1. The maximum atomic E-state index is 13.4. The van der Waals surface area contributed by atoms with Gasteiger partial charge in [-0.2, -0.15) is 5.10 Å². The van der Waals surface area contributed by atoms with Crippen LogP contribution in [0.5, 0.6) is 0 Å². The normalized spacial score (nSPS) is 22.4. The lowest BCUT2D eigenvalue weighted by Crippen LogP contribution is -2.59. The van der Waals surface area contributed by atoms with E-state index in [1.165, 1.54) is 10.5 Å². The summed E-state index contributed by atoms with van der Waals surface area (Å²) in [6.07, 6.45) is 4.59. The quantitative estimate of drug-likeness (QED) is 0.334. The van der Waals surface area contributed by atoms with Gasteiger partial charge >= 0.3 is 12.0 Å². The van der Waals surface area contributed by atoms with Gasteiger partial charge in [0, 0.05) is 37.9 Å². The predicted molar refractivity (Wildman–Crippen MR) is 213 cm³/mol. The molecule has 4 fully saturated rings. The highest BCUT2D eigenvalue weighted by Crippen LogP contribution is 2.26. The zero-order valence-electron chi connectivity index (χ0n) is 34.3. The molecule has 314 valence electrons. The molecule has 0 bridgehead atoms. The number of cyclic esters (lactones) is 1. The van der Waals surface area contributed by atoms with Gasteiger partial charge in [-0.05, 0) is 72.6 Å². The molecule has 0 saturated carbocycles. The van der Waals surface area contributed by atoms with Crippen LogP contribution in [0.25, 0.3) is 0 Å². The first kappa shape index (κ1) is 45.9. The Labute approximate surface area is 335 Å². The first-order valence-corrected chi connectivity index (χ1v) is 20.1. The number of carbonyl (C=O) groups excluding carboxylic acids is 7. The molecule has 1 aromatic carbocycles. The lowest BCUT2D eigenvalue weighted by atomic mass is 9.99. The number of anilines is 1. The van der Waals surface area contributed by atoms with Gasteiger partial charge in [0.05, 0.1) is 13.0 Å². The van der Waals surface area contributed by atoms with Gasteiger partial charge in [-0.15, -0.1) is 0 Å². The number of urea groups is 1. The van der Waals surface area contributed by atoms with Crippen LogP contribution in [-0.2, 0) is 40.0 Å². The Morgan fingerprint density at radius 2 is 1.47 bits per heavy atom. The van der Waals surface area contributed by atoms with Crippen LogP contribution in [-0.4, -0.2) is 123 Å². The second-order valence-electron chi connectivity index (χ2n) is 14.0. The average molecular weight is 796 g/mol. The van der Waals surface area contributed by atoms with E-state index in [1.54, 1.807) is 27.5 Å². The maximum absolute atomic E-state index is 13.4. The summed E-state index contributed by atoms with van der Waals surface area (Å²) in [5.41, 5.74) is 7.16. The fraction of sp³-hybridized carbons (Fsp3) is 0.600. The summed E-state index contributed by atoms with van der Waals surface area (Å²) in [6.45, 7) is 13.4. The van der Waals surface area contributed by atoms with Crippen molar-refractivity contribution in [2.45, 2.75) is 124 Å². The molecule has 0 radical (unpaired) electrons. The van der Waals surface area contributed by atoms with Crippen molar-refractivity contribution in [2.75, 3.05) is 38.1 Å². The summed E-state index contributed by atoms with van der Waals surface area (Å²) >= 11 is 0. The van der Waals surface area contributed by atoms with Crippen LogP contribution in [0.2, 0.25) is 0 Å². The zero-order valence-corrected chi connectivity index (χ0v) is 34.3. The number of rotatable bonds is 4. The second-order valence-corrected chi connectivity index (χ2v) is 14.0. The van der Waals surface area contributed by atoms with E-state index in [2.05, 4.69) is 40.1 Å². The maximum Gasteiger partial charge on any atom is 0.328 e. The fourth-order valence-corrected chi connectivity index (χ4v) is 7.11. The van der Waals surface area contributed by atoms with Crippen molar-refractivity contribution in [1.82, 2.24) is 35.1 Å². The highest BCUT2D eigenvalue weighted by Gasteiger charge is 2.43. The van der Waals surface area contributed by atoms with Crippen LogP contribution in [0.1, 0.15) is 90.3 Å². The number of piperidine rings is 1. The van der Waals surface area contributed by atoms with Gasteiger partial charge in [0.25, 0.3) is 0 Å². The van der Waals surface area contributed by atoms with Gasteiger partial charge in [0.1, 0.15) is 30.8 Å². The number of nitrogens with zero attached hydrogens (tertiary/aromatic N) is 5. The molecular formula is C40H61N9O8. The predicted octanol–water partition coefficient (Wildman–Crippen LogP) is 2.64. The minimum atomic E-state index is -0.813. The molecule has 4 saturated heterocycles. The number of benzene rings is 1. The molecule has 4 aliphatic heterocycles. The SMILES string of the molecule is CC.CC1NC(=O)C2CCCCN2C(=O)C2CCCN2C(=O)CCOC(=O)C2CCCN2C1=O.CCn1nc(NC(=O)NCC(N)=O)cc1C.Cc1ccccc1. The summed E-state index contributed by atoms with van der Waals surface area (Å²) in [5.74, 6) is -1.81. The molecule has 4 unspecified atom stereocenters. The van der Waals surface area contributed by atoms with Crippen molar-refractivity contribution in [3.05, 3.63) is 47.7 Å². The Bertz CT molecular complexity index is 1680. The lowest BCUT2D eigenvalue weighted by Gasteiger charge is -2.38. The third-order valence-corrected chi connectivity index (χ3v) is 9.93. The van der Waals surface area contributed by atoms with Gasteiger partial charge in [-0.25, -0.2) is 9.59 Å². The van der Waals surface area contributed by atoms with Crippen molar-refractivity contribution in [2.24, 2.45) is 5.73 Å². The van der Waals surface area contributed by atoms with E-state index in [-0.39, 0.29) is 43.2 Å². The smallest absolute Gasteiger partial charge is 0.328 e. The van der Waals surface area contributed by atoms with Gasteiger partial charge < -0.3 is 35.8 Å². The molecule has 17 nitrogen and oxygen atoms in total. The molecule has 4 atom stereocenters. The molecule has 0 aliphatic carbocycles. The molecule has 57 heavy (non-hydrogen) atoms. The first-order chi connectivity index (χ1) is 27.3. The van der Waals surface area contributed by atoms with Gasteiger partial charge in [0.15, 0.2) is 5.82 Å². The van der Waals surface area contributed by atoms with Crippen LogP contribution in [0.15, 0.2) is 36.4 Å². The number of ether oxygens (including phenoxy) is 1. The van der Waals surface area contributed by atoms with E-state index < -0.39 is 42.1 Å². The van der Waals surface area contributed by atoms with Crippen LogP contribution in [0, 0.1) is 13.8 Å². The number of esters is 1. The van der Waals surface area contributed by atoms with E-state index in [0.717, 1.165) is 31.5 Å². The fourth-order valence-electron chi connectivity index (χ4n) is 7.11. The van der Waals surface area contributed by atoms with E-state index in [1.807, 2.05) is 45.9 Å². The van der Waals surface area contributed by atoms with Gasteiger partial charge in [0.2, 0.25) is 29.5 Å². The standard InChI is InChI=1S/C22H32N4O6.C9H15N5O2.C7H8.C2H6/c1-14-20(29)26-12-5-8-17(26)22(31)32-13-9-18(27)24-11-4-7-16(24)21(30)25-10-3-2-6-15(25)19(28)23-14;1-3-14-6(2)4-8(13-14)12-9(16)11-5-7(10)15;1-7-5-3-2-4-6-7;1-2/h14-17H,2-13H2,1H3,(H,23,28);4H,3,5H2,1-2H3,(H2,10,15)(H2,11,12,13,16);2-6H,1H3;1-2H3. The Morgan fingerprint density at radius 3 is 2.09 bits per heavy atom. The Balaban J connectivity index is 0.000000287. The summed E-state index contributed by atoms with van der Waals surface area (Å²) in [6, 6.07) is 8.74. The van der Waals surface area contributed by atoms with Gasteiger partial charge in [-0.1, -0.05) is 49.7 Å². The topological polar surface area (TPSA) is 218 Å². The zero-order chi connectivity index (χ0) is 42.1. The monoisotopic (exact) mass is 795 g/mol. The van der Waals surface area contributed by atoms with Crippen molar-refractivity contribution in [3.63, 3.8) is 0 Å². The van der Waals surface area contributed by atoms with Crippen molar-refractivity contribution >= 4 is 47.4 Å². The Morgan fingerprint density at radius 1 is 0.860 bits per heavy atom. The van der Waals surface area contributed by atoms with E-state index in [4.69, 9.17) is 10.5 Å². The van der Waals surface area contributed by atoms with Crippen molar-refractivity contribution < 1.29 is 38.3 Å². The highest BCUT2D eigenvalue weighted by molar-refractivity contribution is 5.96. The number of hydrogen-bond acceptors (Lipinski definition) is 9. The van der Waals surface area contributed by atoms with E-state index in [9.17, 15) is 33.6 Å². The molecule has 7 amide bonds. The third kappa shape index (κ3) is 13.3. The average Bonchev–Trinajstić information content (AvgIpc) is 3.98. The highest BCUT2D eigenvalue weighted by atomic mass is 16.5. The number of aryl methyl sites for hydroxylation is 3. The summed E-state index contributed by atoms with van der Waals surface area (Å²) in [7, 11) is 0. The van der Waals surface area contributed by atoms with Crippen molar-refractivity contribution in [1.29, 1.82) is 0 Å². The van der Waals surface area contributed by atoms with Crippen LogP contribution >= 0.6 is 0 Å². The molecule has 6 rings (SSSR count). The Kier molecular flexibility index (Phi) is 18.5. The number of nitrogens with one attached hydrogen (secondary N) is 3. The number of aromatic nitrogens is 2. The number of hydrogen-bond donors (Lipinski definition) is 4. The lowest BCUT2D eigenvalue weighted by molar-refractivity contribution is -0.156. The number of amides is 7. The second kappa shape index (κ2) is 22.9. The molecule has 5 heterocycles. The molecule has 2 aromatic rings. The van der Waals surface area contributed by atoms with Crippen LogP contribution in [0.3, 0.4) is 0 Å². The first-order valence-electron chi connectivity index (χ1n) is 20.1. The minimum absolute atomic E-state index is 0.00347. The molecule has 5 N–H and O–H groups in total. The van der Waals surface area contributed by atoms with E-state index in [0.29, 0.717) is 51.1 Å². The van der Waals surface area contributed by atoms with E-state index >= 15 is 0 Å². The van der Waals surface area contributed by atoms with Gasteiger partial charge in [-0.3, -0.25) is 34.0 Å². The molecule has 1 aromatic heterocycles. The minimum Gasteiger partial charge on any atom is -0.464 e. The van der Waals surface area contributed by atoms with Crippen LogP contribution < -0.4 is 21.7 Å².